The average molecular weight is 393 g/mol. The van der Waals surface area contributed by atoms with E-state index in [1.165, 1.54) is 17.7 Å². The first-order valence-corrected chi connectivity index (χ1v) is 9.58. The SMILES string of the molecule is Cc1ccccc1NC(=O)c1sc2ncn(Cc3cnn(C)c3)c(=O)c2c1C. The molecule has 0 aliphatic heterocycles. The van der Waals surface area contributed by atoms with E-state index in [2.05, 4.69) is 15.4 Å². The number of hydrogen-bond acceptors (Lipinski definition) is 5. The topological polar surface area (TPSA) is 81.8 Å². The number of nitrogens with zero attached hydrogens (tertiary/aromatic N) is 4. The molecular formula is C20H19N5O2S. The van der Waals surface area contributed by atoms with Crippen molar-refractivity contribution in [3.8, 4) is 0 Å². The van der Waals surface area contributed by atoms with Crippen LogP contribution in [0.2, 0.25) is 0 Å². The minimum absolute atomic E-state index is 0.155. The van der Waals surface area contributed by atoms with Crippen molar-refractivity contribution >= 4 is 33.1 Å². The summed E-state index contributed by atoms with van der Waals surface area (Å²) in [5, 5.41) is 7.55. The predicted octanol–water partition coefficient (Wildman–Crippen LogP) is 3.11. The van der Waals surface area contributed by atoms with Crippen LogP contribution in [0.3, 0.4) is 0 Å². The minimum Gasteiger partial charge on any atom is -0.321 e. The molecule has 0 saturated heterocycles. The summed E-state index contributed by atoms with van der Waals surface area (Å²) in [5.74, 6) is -0.229. The monoisotopic (exact) mass is 393 g/mol. The van der Waals surface area contributed by atoms with Gasteiger partial charge < -0.3 is 5.32 Å². The molecule has 4 rings (SSSR count). The second-order valence-electron chi connectivity index (χ2n) is 6.71. The van der Waals surface area contributed by atoms with E-state index in [0.29, 0.717) is 27.2 Å². The largest absolute Gasteiger partial charge is 0.321 e. The van der Waals surface area contributed by atoms with E-state index < -0.39 is 0 Å². The molecule has 0 bridgehead atoms. The van der Waals surface area contributed by atoms with Crippen molar-refractivity contribution in [3.05, 3.63) is 74.9 Å². The number of fused-ring (bicyclic) bond motifs is 1. The summed E-state index contributed by atoms with van der Waals surface area (Å²) < 4.78 is 3.23. The maximum absolute atomic E-state index is 13.0. The number of amides is 1. The van der Waals surface area contributed by atoms with Gasteiger partial charge in [-0.2, -0.15) is 5.10 Å². The van der Waals surface area contributed by atoms with Gasteiger partial charge in [-0.05, 0) is 31.0 Å². The van der Waals surface area contributed by atoms with E-state index in [9.17, 15) is 9.59 Å². The molecule has 0 fully saturated rings. The van der Waals surface area contributed by atoms with Crippen molar-refractivity contribution in [2.24, 2.45) is 7.05 Å². The van der Waals surface area contributed by atoms with Crippen LogP contribution < -0.4 is 10.9 Å². The number of para-hydroxylation sites is 1. The Bertz CT molecular complexity index is 1250. The van der Waals surface area contributed by atoms with Crippen LogP contribution >= 0.6 is 11.3 Å². The van der Waals surface area contributed by atoms with E-state index in [0.717, 1.165) is 16.8 Å². The van der Waals surface area contributed by atoms with Crippen LogP contribution in [-0.4, -0.2) is 25.2 Å². The molecule has 0 spiro atoms. The number of thiophene rings is 1. The minimum atomic E-state index is -0.229. The van der Waals surface area contributed by atoms with Gasteiger partial charge in [-0.3, -0.25) is 18.8 Å². The summed E-state index contributed by atoms with van der Waals surface area (Å²) >= 11 is 1.24. The maximum atomic E-state index is 13.0. The first-order chi connectivity index (χ1) is 13.4. The maximum Gasteiger partial charge on any atom is 0.266 e. The zero-order chi connectivity index (χ0) is 19.8. The van der Waals surface area contributed by atoms with Crippen molar-refractivity contribution in [2.75, 3.05) is 5.32 Å². The summed E-state index contributed by atoms with van der Waals surface area (Å²) in [6.45, 7) is 4.12. The van der Waals surface area contributed by atoms with Gasteiger partial charge in [-0.25, -0.2) is 4.98 Å². The molecule has 0 saturated carbocycles. The number of nitrogens with one attached hydrogen (secondary N) is 1. The Kier molecular flexibility index (Phi) is 4.56. The predicted molar refractivity (Wildman–Crippen MR) is 110 cm³/mol. The van der Waals surface area contributed by atoms with Gasteiger partial charge in [0.15, 0.2) is 0 Å². The smallest absolute Gasteiger partial charge is 0.266 e. The number of benzene rings is 1. The molecule has 0 unspecified atom stereocenters. The molecule has 7 nitrogen and oxygen atoms in total. The second-order valence-corrected chi connectivity index (χ2v) is 7.70. The number of carbonyl (C=O) groups excluding carboxylic acids is 1. The lowest BCUT2D eigenvalue weighted by atomic mass is 10.2. The van der Waals surface area contributed by atoms with Gasteiger partial charge >= 0.3 is 0 Å². The molecule has 3 heterocycles. The Morgan fingerprint density at radius 2 is 2.04 bits per heavy atom. The standard InChI is InChI=1S/C20H19N5O2S/c1-12-6-4-5-7-15(12)23-18(26)17-13(2)16-19(28-17)21-11-25(20(16)27)10-14-8-22-24(3)9-14/h4-9,11H,10H2,1-3H3,(H,23,26). The lowest BCUT2D eigenvalue weighted by Crippen LogP contribution is -2.21. The number of rotatable bonds is 4. The summed E-state index contributed by atoms with van der Waals surface area (Å²) in [6, 6.07) is 7.59. The lowest BCUT2D eigenvalue weighted by Gasteiger charge is -2.07. The number of anilines is 1. The van der Waals surface area contributed by atoms with Crippen LogP contribution in [0.15, 0.2) is 47.8 Å². The highest BCUT2D eigenvalue weighted by molar-refractivity contribution is 7.20. The van der Waals surface area contributed by atoms with Crippen LogP contribution in [-0.2, 0) is 13.6 Å². The quantitative estimate of drug-likeness (QED) is 0.578. The van der Waals surface area contributed by atoms with Crippen molar-refractivity contribution in [1.82, 2.24) is 19.3 Å². The van der Waals surface area contributed by atoms with Crippen LogP contribution in [0.5, 0.6) is 0 Å². The Labute approximate surface area is 165 Å². The Balaban J connectivity index is 1.70. The molecule has 0 atom stereocenters. The van der Waals surface area contributed by atoms with Crippen LogP contribution in [0, 0.1) is 13.8 Å². The van der Waals surface area contributed by atoms with Gasteiger partial charge in [0.1, 0.15) is 4.83 Å². The number of carbonyl (C=O) groups is 1. The van der Waals surface area contributed by atoms with E-state index in [-0.39, 0.29) is 11.5 Å². The highest BCUT2D eigenvalue weighted by atomic mass is 32.1. The second kappa shape index (κ2) is 7.05. The molecule has 28 heavy (non-hydrogen) atoms. The highest BCUT2D eigenvalue weighted by Crippen LogP contribution is 2.28. The zero-order valence-electron chi connectivity index (χ0n) is 15.8. The molecule has 1 N–H and O–H groups in total. The van der Waals surface area contributed by atoms with Crippen molar-refractivity contribution in [3.63, 3.8) is 0 Å². The lowest BCUT2D eigenvalue weighted by molar-refractivity contribution is 0.103. The first kappa shape index (κ1) is 18.1. The fraction of sp³-hybridized carbons (Fsp3) is 0.200. The Morgan fingerprint density at radius 1 is 1.25 bits per heavy atom. The first-order valence-electron chi connectivity index (χ1n) is 8.77. The molecule has 3 aromatic heterocycles. The van der Waals surface area contributed by atoms with Crippen molar-refractivity contribution in [1.29, 1.82) is 0 Å². The molecule has 0 aliphatic rings. The van der Waals surface area contributed by atoms with Crippen LogP contribution in [0.4, 0.5) is 5.69 Å². The zero-order valence-corrected chi connectivity index (χ0v) is 16.6. The molecule has 0 aliphatic carbocycles. The highest BCUT2D eigenvalue weighted by Gasteiger charge is 2.20. The third-order valence-corrected chi connectivity index (χ3v) is 5.83. The van der Waals surface area contributed by atoms with E-state index >= 15 is 0 Å². The van der Waals surface area contributed by atoms with Gasteiger partial charge in [0.05, 0.1) is 29.3 Å². The van der Waals surface area contributed by atoms with Crippen LogP contribution in [0.1, 0.15) is 26.4 Å². The molecular weight excluding hydrogens is 374 g/mol. The fourth-order valence-electron chi connectivity index (χ4n) is 3.13. The molecule has 4 aromatic rings. The summed E-state index contributed by atoms with van der Waals surface area (Å²) in [4.78, 5) is 31.3. The van der Waals surface area contributed by atoms with Gasteiger partial charge in [-0.1, -0.05) is 18.2 Å². The average Bonchev–Trinajstić information content (AvgIpc) is 3.23. The van der Waals surface area contributed by atoms with E-state index in [4.69, 9.17) is 0 Å². The summed E-state index contributed by atoms with van der Waals surface area (Å²) in [6.07, 6.45) is 5.10. The van der Waals surface area contributed by atoms with Crippen molar-refractivity contribution in [2.45, 2.75) is 20.4 Å². The molecule has 1 amide bonds. The molecule has 0 radical (unpaired) electrons. The number of aromatic nitrogens is 4. The van der Waals surface area contributed by atoms with Crippen molar-refractivity contribution < 1.29 is 4.79 Å². The Morgan fingerprint density at radius 3 is 2.75 bits per heavy atom. The van der Waals surface area contributed by atoms with Gasteiger partial charge in [0.25, 0.3) is 11.5 Å². The van der Waals surface area contributed by atoms with Gasteiger partial charge in [0.2, 0.25) is 0 Å². The summed E-state index contributed by atoms with van der Waals surface area (Å²) in [5.41, 5.74) is 3.15. The molecule has 142 valence electrons. The fourth-order valence-corrected chi connectivity index (χ4v) is 4.17. The molecule has 8 heteroatoms. The van der Waals surface area contributed by atoms with E-state index in [1.54, 1.807) is 22.4 Å². The molecule has 1 aromatic carbocycles. The van der Waals surface area contributed by atoms with Gasteiger partial charge in [0, 0.05) is 24.5 Å². The third-order valence-electron chi connectivity index (χ3n) is 4.63. The number of hydrogen-bond donors (Lipinski definition) is 1. The normalized spacial score (nSPS) is 11.1. The number of aryl methyl sites for hydroxylation is 3. The third kappa shape index (κ3) is 3.22. The van der Waals surface area contributed by atoms with Gasteiger partial charge in [-0.15, -0.1) is 11.3 Å². The van der Waals surface area contributed by atoms with Crippen LogP contribution in [0.25, 0.3) is 10.2 Å². The van der Waals surface area contributed by atoms with E-state index in [1.807, 2.05) is 44.4 Å². The Hall–Kier alpha value is -3.26. The summed E-state index contributed by atoms with van der Waals surface area (Å²) in [7, 11) is 1.83.